The van der Waals surface area contributed by atoms with E-state index in [2.05, 4.69) is 0 Å². The summed E-state index contributed by atoms with van der Waals surface area (Å²) in [5, 5.41) is 8.73. The van der Waals surface area contributed by atoms with Gasteiger partial charge in [-0.05, 0) is 0 Å². The Bertz CT molecular complexity index is 495. The fourth-order valence-electron chi connectivity index (χ4n) is 2.66. The minimum atomic E-state index is -4.37. The molecule has 108 valence electrons. The summed E-state index contributed by atoms with van der Waals surface area (Å²) in [5.74, 6) is -2.64. The van der Waals surface area contributed by atoms with E-state index in [0.29, 0.717) is 17.6 Å². The Morgan fingerprint density at radius 2 is 1.56 bits per heavy atom. The van der Waals surface area contributed by atoms with E-state index < -0.39 is 43.5 Å². The lowest BCUT2D eigenvalue weighted by atomic mass is 10.0. The first-order valence-electron chi connectivity index (χ1n) is 5.51. The summed E-state index contributed by atoms with van der Waals surface area (Å²) in [7, 11) is -4.25. The van der Waals surface area contributed by atoms with Gasteiger partial charge >= 0.3 is 0 Å². The fourth-order valence-corrected chi connectivity index (χ4v) is 4.70. The van der Waals surface area contributed by atoms with Crippen LogP contribution >= 0.6 is 0 Å². The molecule has 0 aromatic rings. The third kappa shape index (κ3) is 4.81. The van der Waals surface area contributed by atoms with Crippen molar-refractivity contribution in [3.8, 4) is 0 Å². The van der Waals surface area contributed by atoms with Crippen LogP contribution in [0.5, 0.6) is 0 Å². The van der Waals surface area contributed by atoms with E-state index in [0.717, 1.165) is 0 Å². The molecule has 0 bridgehead atoms. The second-order valence-corrected chi connectivity index (χ2v) is 9.11. The van der Waals surface area contributed by atoms with Crippen LogP contribution in [0.4, 0.5) is 0 Å². The van der Waals surface area contributed by atoms with Gasteiger partial charge in [0.15, 0.2) is 9.84 Å². The van der Waals surface area contributed by atoms with Crippen molar-refractivity contribution in [1.82, 2.24) is 0 Å². The maximum absolute atomic E-state index is 11.4. The SMILES string of the molecule is C[N+]1(C)CC(CS(=O)(=O)[O-])C(CS(=O)(=O)CO)C1. The Kier molecular flexibility index (Phi) is 4.44. The van der Waals surface area contributed by atoms with Crippen LogP contribution in [-0.2, 0) is 20.0 Å². The van der Waals surface area contributed by atoms with Gasteiger partial charge in [-0.1, -0.05) is 0 Å². The molecule has 0 radical (unpaired) electrons. The van der Waals surface area contributed by atoms with Crippen molar-refractivity contribution in [3.05, 3.63) is 0 Å². The minimum Gasteiger partial charge on any atom is -0.748 e. The van der Waals surface area contributed by atoms with Crippen LogP contribution in [0.2, 0.25) is 0 Å². The van der Waals surface area contributed by atoms with Gasteiger partial charge < -0.3 is 14.1 Å². The van der Waals surface area contributed by atoms with Gasteiger partial charge in [0.25, 0.3) is 0 Å². The number of likely N-dealkylation sites (tertiary alicyclic amines) is 1. The molecule has 1 aliphatic heterocycles. The van der Waals surface area contributed by atoms with E-state index in [9.17, 15) is 21.4 Å². The highest BCUT2D eigenvalue weighted by Gasteiger charge is 2.42. The van der Waals surface area contributed by atoms with Crippen LogP contribution in [0.3, 0.4) is 0 Å². The molecule has 1 saturated heterocycles. The van der Waals surface area contributed by atoms with E-state index >= 15 is 0 Å². The van der Waals surface area contributed by atoms with E-state index in [1.807, 2.05) is 14.1 Å². The van der Waals surface area contributed by atoms with Crippen molar-refractivity contribution >= 4 is 20.0 Å². The molecule has 1 rings (SSSR count). The second-order valence-electron chi connectivity index (χ2n) is 5.58. The predicted octanol–water partition coefficient (Wildman–Crippen LogP) is -1.78. The molecular formula is C9H19NO6S2. The Hall–Kier alpha value is -0.220. The van der Waals surface area contributed by atoms with Crippen LogP contribution in [0.25, 0.3) is 0 Å². The zero-order valence-electron chi connectivity index (χ0n) is 10.4. The van der Waals surface area contributed by atoms with Gasteiger partial charge in [0.1, 0.15) is 5.94 Å². The Balaban J connectivity index is 2.87. The monoisotopic (exact) mass is 301 g/mol. The molecule has 2 unspecified atom stereocenters. The molecule has 7 nitrogen and oxygen atoms in total. The molecule has 0 aliphatic carbocycles. The van der Waals surface area contributed by atoms with Crippen molar-refractivity contribution in [2.45, 2.75) is 0 Å². The number of nitrogens with zero attached hydrogens (tertiary/aromatic N) is 1. The molecule has 0 spiro atoms. The molecule has 9 heteroatoms. The van der Waals surface area contributed by atoms with Crippen LogP contribution in [0.1, 0.15) is 0 Å². The summed E-state index contributed by atoms with van der Waals surface area (Å²) in [6.07, 6.45) is 0. The summed E-state index contributed by atoms with van der Waals surface area (Å²) in [6, 6.07) is 0. The predicted molar refractivity (Wildman–Crippen MR) is 64.3 cm³/mol. The van der Waals surface area contributed by atoms with Gasteiger partial charge in [-0.25, -0.2) is 16.8 Å². The van der Waals surface area contributed by atoms with E-state index in [1.165, 1.54) is 0 Å². The summed E-state index contributed by atoms with van der Waals surface area (Å²) in [5.41, 5.74) is 0. The topological polar surface area (TPSA) is 112 Å². The summed E-state index contributed by atoms with van der Waals surface area (Å²) < 4.78 is 55.7. The Labute approximate surface area is 108 Å². The third-order valence-electron chi connectivity index (χ3n) is 3.21. The first-order valence-corrected chi connectivity index (χ1v) is 8.91. The van der Waals surface area contributed by atoms with Gasteiger partial charge in [0.05, 0.1) is 43.1 Å². The molecule has 1 fully saturated rings. The number of quaternary nitrogens is 1. The minimum absolute atomic E-state index is 0.272. The van der Waals surface area contributed by atoms with Crippen LogP contribution in [0, 0.1) is 11.8 Å². The molecule has 0 aromatic heterocycles. The average Bonchev–Trinajstić information content (AvgIpc) is 2.37. The quantitative estimate of drug-likeness (QED) is 0.474. The number of hydrogen-bond acceptors (Lipinski definition) is 6. The van der Waals surface area contributed by atoms with Crippen LogP contribution in [0.15, 0.2) is 0 Å². The highest BCUT2D eigenvalue weighted by Crippen LogP contribution is 2.29. The Morgan fingerprint density at radius 1 is 1.11 bits per heavy atom. The summed E-state index contributed by atoms with van der Waals surface area (Å²) in [4.78, 5) is 0. The molecule has 0 amide bonds. The standard InChI is InChI=1S/C9H19NO6S2/c1-10(2)3-8(5-17(12,13)7-11)9(4-10)6-18(14,15)16/h8-9,11H,3-7H2,1-2H3. The highest BCUT2D eigenvalue weighted by atomic mass is 32.2. The van der Waals surface area contributed by atoms with Crippen molar-refractivity contribution in [3.63, 3.8) is 0 Å². The molecule has 1 heterocycles. The first kappa shape index (κ1) is 15.8. The fraction of sp³-hybridized carbons (Fsp3) is 1.00. The van der Waals surface area contributed by atoms with Gasteiger partial charge in [-0.2, -0.15) is 0 Å². The highest BCUT2D eigenvalue weighted by molar-refractivity contribution is 7.91. The van der Waals surface area contributed by atoms with Gasteiger partial charge in [-0.3, -0.25) is 0 Å². The normalized spacial score (nSPS) is 28.4. The maximum Gasteiger partial charge on any atom is 0.174 e. The number of aliphatic hydroxyl groups is 1. The lowest BCUT2D eigenvalue weighted by molar-refractivity contribution is -0.880. The smallest absolute Gasteiger partial charge is 0.174 e. The molecule has 18 heavy (non-hydrogen) atoms. The molecule has 1 aliphatic rings. The van der Waals surface area contributed by atoms with Gasteiger partial charge in [0, 0.05) is 17.6 Å². The summed E-state index contributed by atoms with van der Waals surface area (Å²) in [6.45, 7) is 0.937. The lowest BCUT2D eigenvalue weighted by Gasteiger charge is -2.23. The molecule has 2 atom stereocenters. The number of rotatable bonds is 5. The summed E-state index contributed by atoms with van der Waals surface area (Å²) >= 11 is 0. The molecule has 0 aromatic carbocycles. The average molecular weight is 301 g/mol. The van der Waals surface area contributed by atoms with Gasteiger partial charge in [0.2, 0.25) is 0 Å². The molecular weight excluding hydrogens is 282 g/mol. The van der Waals surface area contributed by atoms with Crippen molar-refractivity contribution < 1.29 is 31.0 Å². The zero-order valence-corrected chi connectivity index (χ0v) is 12.1. The van der Waals surface area contributed by atoms with E-state index in [-0.39, 0.29) is 5.75 Å². The largest absolute Gasteiger partial charge is 0.748 e. The van der Waals surface area contributed by atoms with Crippen molar-refractivity contribution in [1.29, 1.82) is 0 Å². The maximum atomic E-state index is 11.4. The van der Waals surface area contributed by atoms with Crippen molar-refractivity contribution in [2.24, 2.45) is 11.8 Å². The number of aliphatic hydroxyl groups excluding tert-OH is 1. The molecule has 0 saturated carbocycles. The molecule has 1 N–H and O–H groups in total. The Morgan fingerprint density at radius 3 is 1.94 bits per heavy atom. The van der Waals surface area contributed by atoms with Crippen molar-refractivity contribution in [2.75, 3.05) is 44.6 Å². The lowest BCUT2D eigenvalue weighted by Crippen LogP contribution is -2.37. The number of hydrogen-bond donors (Lipinski definition) is 1. The van der Waals surface area contributed by atoms with Gasteiger partial charge in [-0.15, -0.1) is 0 Å². The van der Waals surface area contributed by atoms with Crippen LogP contribution < -0.4 is 0 Å². The van der Waals surface area contributed by atoms with E-state index in [4.69, 9.17) is 5.11 Å². The second kappa shape index (κ2) is 5.04. The van der Waals surface area contributed by atoms with Crippen LogP contribution in [-0.4, -0.2) is 75.6 Å². The number of sulfone groups is 1. The third-order valence-corrected chi connectivity index (χ3v) is 5.37. The first-order chi connectivity index (χ1) is 7.94. The van der Waals surface area contributed by atoms with E-state index in [1.54, 1.807) is 0 Å². The zero-order chi connectivity index (χ0) is 14.2.